The maximum Gasteiger partial charge on any atom is 0.143 e. The molecule has 0 aliphatic heterocycles. The fourth-order valence-electron chi connectivity index (χ4n) is 1.51. The van der Waals surface area contributed by atoms with Gasteiger partial charge in [-0.1, -0.05) is 23.7 Å². The summed E-state index contributed by atoms with van der Waals surface area (Å²) in [5.74, 6) is 0.511. The quantitative estimate of drug-likeness (QED) is 0.633. The molecule has 6 heteroatoms. The minimum absolute atomic E-state index is 0.107. The van der Waals surface area contributed by atoms with Crippen LogP contribution >= 0.6 is 11.6 Å². The molecule has 0 aromatic heterocycles. The third-order valence-electron chi connectivity index (χ3n) is 2.50. The van der Waals surface area contributed by atoms with E-state index in [0.29, 0.717) is 56.0 Å². The van der Waals surface area contributed by atoms with Crippen LogP contribution in [0.3, 0.4) is 0 Å². The van der Waals surface area contributed by atoms with Crippen LogP contribution in [0.1, 0.15) is 5.56 Å². The molecule has 0 heterocycles. The van der Waals surface area contributed by atoms with E-state index in [0.717, 1.165) is 0 Å². The molecule has 20 heavy (non-hydrogen) atoms. The molecule has 1 aromatic carbocycles. The van der Waals surface area contributed by atoms with Crippen LogP contribution in [-0.4, -0.2) is 51.9 Å². The Balaban J connectivity index is 2.12. The average Bonchev–Trinajstić information content (AvgIpc) is 2.46. The van der Waals surface area contributed by atoms with Gasteiger partial charge in [-0.05, 0) is 6.07 Å². The Morgan fingerprint density at radius 2 is 1.65 bits per heavy atom. The Hall–Kier alpha value is -0.850. The van der Waals surface area contributed by atoms with Crippen molar-refractivity contribution in [2.24, 2.45) is 0 Å². The van der Waals surface area contributed by atoms with Crippen LogP contribution in [0.25, 0.3) is 0 Å². The molecule has 5 nitrogen and oxygen atoms in total. The zero-order chi connectivity index (χ0) is 14.6. The first-order valence-electron chi connectivity index (χ1n) is 6.45. The van der Waals surface area contributed by atoms with Gasteiger partial charge in [-0.3, -0.25) is 0 Å². The number of benzene rings is 1. The topological polar surface area (TPSA) is 57.2 Å². The molecule has 114 valence electrons. The number of ether oxygens (including phenoxy) is 4. The predicted octanol–water partition coefficient (Wildman–Crippen LogP) is 1.89. The Kier molecular flexibility index (Phi) is 9.36. The minimum Gasteiger partial charge on any atom is -0.489 e. The van der Waals surface area contributed by atoms with E-state index in [1.54, 1.807) is 25.3 Å². The third kappa shape index (κ3) is 6.54. The highest BCUT2D eigenvalue weighted by Crippen LogP contribution is 2.28. The molecule has 0 bridgehead atoms. The second kappa shape index (κ2) is 10.9. The second-order valence-corrected chi connectivity index (χ2v) is 4.36. The van der Waals surface area contributed by atoms with Gasteiger partial charge < -0.3 is 24.1 Å². The van der Waals surface area contributed by atoms with Crippen molar-refractivity contribution in [3.63, 3.8) is 0 Å². The van der Waals surface area contributed by atoms with E-state index in [2.05, 4.69) is 0 Å². The van der Waals surface area contributed by atoms with E-state index in [4.69, 9.17) is 30.5 Å². The summed E-state index contributed by atoms with van der Waals surface area (Å²) in [5.41, 5.74) is 0.667. The number of hydrogen-bond donors (Lipinski definition) is 1. The molecule has 0 saturated carbocycles. The van der Waals surface area contributed by atoms with Gasteiger partial charge in [0.15, 0.2) is 0 Å². The van der Waals surface area contributed by atoms with Crippen LogP contribution in [0.15, 0.2) is 18.2 Å². The monoisotopic (exact) mass is 304 g/mol. The van der Waals surface area contributed by atoms with Crippen LogP contribution in [-0.2, 0) is 20.8 Å². The van der Waals surface area contributed by atoms with Gasteiger partial charge >= 0.3 is 0 Å². The first kappa shape index (κ1) is 17.2. The van der Waals surface area contributed by atoms with Crippen molar-refractivity contribution in [2.45, 2.75) is 6.61 Å². The molecular weight excluding hydrogens is 284 g/mol. The smallest absolute Gasteiger partial charge is 0.143 e. The van der Waals surface area contributed by atoms with Crippen molar-refractivity contribution >= 4 is 11.6 Å². The predicted molar refractivity (Wildman–Crippen MR) is 76.4 cm³/mol. The molecule has 0 atom stereocenters. The van der Waals surface area contributed by atoms with Crippen molar-refractivity contribution in [3.05, 3.63) is 28.8 Å². The number of hydrogen-bond acceptors (Lipinski definition) is 5. The summed E-state index contributed by atoms with van der Waals surface area (Å²) in [7, 11) is 1.63. The van der Waals surface area contributed by atoms with Crippen LogP contribution in [0.2, 0.25) is 5.02 Å². The highest BCUT2D eigenvalue weighted by Gasteiger charge is 2.07. The van der Waals surface area contributed by atoms with E-state index < -0.39 is 0 Å². The second-order valence-electron chi connectivity index (χ2n) is 3.95. The molecule has 0 aliphatic rings. The normalized spacial score (nSPS) is 10.8. The number of aliphatic hydroxyl groups is 1. The molecule has 0 amide bonds. The zero-order valence-corrected chi connectivity index (χ0v) is 12.4. The van der Waals surface area contributed by atoms with Crippen molar-refractivity contribution in [2.75, 3.05) is 46.8 Å². The molecular formula is C14H21ClO5. The number of para-hydroxylation sites is 1. The average molecular weight is 305 g/mol. The summed E-state index contributed by atoms with van der Waals surface area (Å²) < 4.78 is 21.0. The largest absolute Gasteiger partial charge is 0.489 e. The molecule has 0 fully saturated rings. The first-order valence-corrected chi connectivity index (χ1v) is 6.83. The number of rotatable bonds is 11. The summed E-state index contributed by atoms with van der Waals surface area (Å²) in [6, 6.07) is 5.26. The maximum absolute atomic E-state index is 9.19. The summed E-state index contributed by atoms with van der Waals surface area (Å²) in [6.45, 7) is 2.87. The van der Waals surface area contributed by atoms with Crippen LogP contribution in [0, 0.1) is 0 Å². The van der Waals surface area contributed by atoms with Gasteiger partial charge in [-0.2, -0.15) is 0 Å². The summed E-state index contributed by atoms with van der Waals surface area (Å²) >= 11 is 6.01. The molecule has 0 aliphatic carbocycles. The van der Waals surface area contributed by atoms with Crippen molar-refractivity contribution in [1.29, 1.82) is 0 Å². The maximum atomic E-state index is 9.19. The lowest BCUT2D eigenvalue weighted by molar-refractivity contribution is 0.0178. The molecule has 0 radical (unpaired) electrons. The van der Waals surface area contributed by atoms with Crippen LogP contribution < -0.4 is 4.74 Å². The first-order chi connectivity index (χ1) is 9.79. The molecule has 1 aromatic rings. The number of methoxy groups -OCH3 is 1. The molecule has 1 N–H and O–H groups in total. The fraction of sp³-hybridized carbons (Fsp3) is 0.571. The van der Waals surface area contributed by atoms with E-state index in [1.807, 2.05) is 0 Å². The van der Waals surface area contributed by atoms with Crippen LogP contribution in [0.4, 0.5) is 0 Å². The van der Waals surface area contributed by atoms with Crippen molar-refractivity contribution in [1.82, 2.24) is 0 Å². The molecule has 0 spiro atoms. The van der Waals surface area contributed by atoms with Crippen molar-refractivity contribution in [3.8, 4) is 5.75 Å². The zero-order valence-electron chi connectivity index (χ0n) is 11.6. The van der Waals surface area contributed by atoms with Gasteiger partial charge in [-0.25, -0.2) is 0 Å². The van der Waals surface area contributed by atoms with E-state index in [9.17, 15) is 5.11 Å². The van der Waals surface area contributed by atoms with Crippen LogP contribution in [0.5, 0.6) is 5.75 Å². The molecule has 1 rings (SSSR count). The van der Waals surface area contributed by atoms with E-state index in [-0.39, 0.29) is 6.61 Å². The van der Waals surface area contributed by atoms with Gasteiger partial charge in [0, 0.05) is 12.7 Å². The Bertz CT molecular complexity index is 373. The summed E-state index contributed by atoms with van der Waals surface area (Å²) in [5, 5.41) is 9.68. The lowest BCUT2D eigenvalue weighted by atomic mass is 10.2. The Labute approximate surface area is 124 Å². The highest BCUT2D eigenvalue weighted by molar-refractivity contribution is 6.32. The van der Waals surface area contributed by atoms with Gasteiger partial charge in [0.25, 0.3) is 0 Å². The minimum atomic E-state index is -0.107. The highest BCUT2D eigenvalue weighted by atomic mass is 35.5. The lowest BCUT2D eigenvalue weighted by Gasteiger charge is -2.12. The SMILES string of the molecule is COCCOCCOCCOc1c(Cl)cccc1CO. The third-order valence-corrected chi connectivity index (χ3v) is 2.79. The van der Waals surface area contributed by atoms with Crippen molar-refractivity contribution < 1.29 is 24.1 Å². The Morgan fingerprint density at radius 3 is 2.30 bits per heavy atom. The van der Waals surface area contributed by atoms with Gasteiger partial charge in [0.1, 0.15) is 12.4 Å². The van der Waals surface area contributed by atoms with E-state index in [1.165, 1.54) is 0 Å². The number of halogens is 1. The summed E-state index contributed by atoms with van der Waals surface area (Å²) in [4.78, 5) is 0. The van der Waals surface area contributed by atoms with Gasteiger partial charge in [0.05, 0.1) is 44.7 Å². The number of aliphatic hydroxyl groups excluding tert-OH is 1. The summed E-state index contributed by atoms with van der Waals surface area (Å²) in [6.07, 6.45) is 0. The van der Waals surface area contributed by atoms with Gasteiger partial charge in [0.2, 0.25) is 0 Å². The lowest BCUT2D eigenvalue weighted by Crippen LogP contribution is -2.13. The fourth-order valence-corrected chi connectivity index (χ4v) is 1.76. The molecule has 0 saturated heterocycles. The van der Waals surface area contributed by atoms with Gasteiger partial charge in [-0.15, -0.1) is 0 Å². The Morgan fingerprint density at radius 1 is 1.00 bits per heavy atom. The standard InChI is InChI=1S/C14H21ClO5/c1-17-5-6-18-7-8-19-9-10-20-14-12(11-16)3-2-4-13(14)15/h2-4,16H,5-11H2,1H3. The molecule has 0 unspecified atom stereocenters. The van der Waals surface area contributed by atoms with E-state index >= 15 is 0 Å².